The standard InChI is InChI=1S/C30H31N3O4/c1-18(2)29(36)37-14-13-31-25(34)17-19-15-22(28(35)23(16-19)30(3,4)5)24-11-10-21-9-8-20-7-6-12-32-26(20)27(21)33-24/h6-12,15-16,35H,1,13-14,17H2,2-5H3,(H,31,34). The quantitative estimate of drug-likeness (QED) is 0.157. The number of carbonyl (C=O) groups is 2. The van der Waals surface area contributed by atoms with Crippen LogP contribution in [0.1, 0.15) is 38.8 Å². The van der Waals surface area contributed by atoms with Crippen LogP contribution in [-0.2, 0) is 26.2 Å². The number of phenolic OH excluding ortho intramolecular Hbond substituents is 1. The maximum Gasteiger partial charge on any atom is 0.333 e. The Morgan fingerprint density at radius 3 is 2.46 bits per heavy atom. The summed E-state index contributed by atoms with van der Waals surface area (Å²) in [6, 6.07) is 15.4. The monoisotopic (exact) mass is 497 g/mol. The van der Waals surface area contributed by atoms with Crippen molar-refractivity contribution in [2.24, 2.45) is 0 Å². The lowest BCUT2D eigenvalue weighted by Crippen LogP contribution is -2.29. The van der Waals surface area contributed by atoms with Gasteiger partial charge in [-0.05, 0) is 36.1 Å². The molecule has 0 aliphatic rings. The van der Waals surface area contributed by atoms with Gasteiger partial charge in [0.05, 0.1) is 29.7 Å². The number of fused-ring (bicyclic) bond motifs is 3. The summed E-state index contributed by atoms with van der Waals surface area (Å²) >= 11 is 0. The Morgan fingerprint density at radius 1 is 1.05 bits per heavy atom. The number of aromatic hydroxyl groups is 1. The molecular formula is C30H31N3O4. The van der Waals surface area contributed by atoms with E-state index in [0.717, 1.165) is 32.9 Å². The van der Waals surface area contributed by atoms with Gasteiger partial charge in [0.1, 0.15) is 12.4 Å². The van der Waals surface area contributed by atoms with E-state index in [4.69, 9.17) is 9.72 Å². The van der Waals surface area contributed by atoms with E-state index in [9.17, 15) is 14.7 Å². The number of carbonyl (C=O) groups excluding carboxylic acids is 2. The zero-order valence-corrected chi connectivity index (χ0v) is 21.6. The van der Waals surface area contributed by atoms with Crippen molar-refractivity contribution in [2.45, 2.75) is 39.5 Å². The Bertz CT molecular complexity index is 1520. The second-order valence-corrected chi connectivity index (χ2v) is 10.1. The summed E-state index contributed by atoms with van der Waals surface area (Å²) in [5, 5.41) is 16.0. The van der Waals surface area contributed by atoms with Crippen molar-refractivity contribution < 1.29 is 19.4 Å². The number of hydrogen-bond donors (Lipinski definition) is 2. The molecule has 7 heteroatoms. The minimum atomic E-state index is -0.488. The largest absolute Gasteiger partial charge is 0.507 e. The summed E-state index contributed by atoms with van der Waals surface area (Å²) in [6.45, 7) is 11.4. The number of aromatic nitrogens is 2. The van der Waals surface area contributed by atoms with Crippen molar-refractivity contribution in [3.8, 4) is 17.0 Å². The molecule has 2 N–H and O–H groups in total. The van der Waals surface area contributed by atoms with Crippen LogP contribution < -0.4 is 5.32 Å². The first-order chi connectivity index (χ1) is 17.5. The first-order valence-electron chi connectivity index (χ1n) is 12.1. The highest BCUT2D eigenvalue weighted by atomic mass is 16.5. The third kappa shape index (κ3) is 5.77. The molecule has 2 heterocycles. The molecule has 37 heavy (non-hydrogen) atoms. The number of nitrogens with zero attached hydrogens (tertiary/aromatic N) is 2. The number of hydrogen-bond acceptors (Lipinski definition) is 6. The van der Waals surface area contributed by atoms with Gasteiger partial charge in [0.25, 0.3) is 0 Å². The van der Waals surface area contributed by atoms with Gasteiger partial charge in [0.15, 0.2) is 0 Å². The molecule has 0 aliphatic heterocycles. The molecular weight excluding hydrogens is 466 g/mol. The number of rotatable bonds is 7. The fraction of sp³-hybridized carbons (Fsp3) is 0.267. The number of pyridine rings is 2. The predicted octanol–water partition coefficient (Wildman–Crippen LogP) is 5.23. The fourth-order valence-electron chi connectivity index (χ4n) is 4.14. The van der Waals surface area contributed by atoms with Crippen molar-refractivity contribution >= 4 is 33.7 Å². The first kappa shape index (κ1) is 25.8. The normalized spacial score (nSPS) is 11.5. The molecule has 0 unspecified atom stereocenters. The fourth-order valence-corrected chi connectivity index (χ4v) is 4.14. The van der Waals surface area contributed by atoms with Crippen LogP contribution in [0.25, 0.3) is 33.1 Å². The van der Waals surface area contributed by atoms with Gasteiger partial charge in [-0.1, -0.05) is 57.7 Å². The number of esters is 1. The Kier molecular flexibility index (Phi) is 7.25. The molecule has 0 bridgehead atoms. The summed E-state index contributed by atoms with van der Waals surface area (Å²) in [6.07, 6.45) is 1.84. The van der Waals surface area contributed by atoms with Crippen LogP contribution in [-0.4, -0.2) is 40.1 Å². The van der Waals surface area contributed by atoms with Gasteiger partial charge in [-0.15, -0.1) is 0 Å². The Labute approximate surface area is 216 Å². The van der Waals surface area contributed by atoms with Gasteiger partial charge >= 0.3 is 5.97 Å². The van der Waals surface area contributed by atoms with E-state index in [1.165, 1.54) is 0 Å². The van der Waals surface area contributed by atoms with E-state index in [0.29, 0.717) is 16.8 Å². The summed E-state index contributed by atoms with van der Waals surface area (Å²) in [4.78, 5) is 33.6. The molecule has 0 saturated carbocycles. The summed E-state index contributed by atoms with van der Waals surface area (Å²) in [5.74, 6) is -0.564. The number of amides is 1. The average molecular weight is 498 g/mol. The molecule has 0 atom stereocenters. The Balaban J connectivity index is 1.67. The van der Waals surface area contributed by atoms with Crippen LogP contribution in [0.3, 0.4) is 0 Å². The van der Waals surface area contributed by atoms with E-state index < -0.39 is 5.97 Å². The predicted molar refractivity (Wildman–Crippen MR) is 145 cm³/mol. The van der Waals surface area contributed by atoms with E-state index in [1.54, 1.807) is 19.2 Å². The SMILES string of the molecule is C=C(C)C(=O)OCCNC(=O)Cc1cc(-c2ccc3ccc4cccnc4c3n2)c(O)c(C(C)(C)C)c1. The van der Waals surface area contributed by atoms with Gasteiger partial charge in [0, 0.05) is 33.7 Å². The molecule has 0 fully saturated rings. The third-order valence-electron chi connectivity index (χ3n) is 6.06. The lowest BCUT2D eigenvalue weighted by atomic mass is 9.83. The van der Waals surface area contributed by atoms with Gasteiger partial charge in [-0.3, -0.25) is 9.78 Å². The van der Waals surface area contributed by atoms with Crippen LogP contribution in [0.5, 0.6) is 5.75 Å². The molecule has 0 radical (unpaired) electrons. The smallest absolute Gasteiger partial charge is 0.333 e. The van der Waals surface area contributed by atoms with Gasteiger partial charge in [0.2, 0.25) is 5.91 Å². The summed E-state index contributed by atoms with van der Waals surface area (Å²) in [5.41, 5.74) is 4.10. The van der Waals surface area contributed by atoms with Crippen LogP contribution in [0, 0.1) is 0 Å². The van der Waals surface area contributed by atoms with Crippen molar-refractivity contribution in [1.82, 2.24) is 15.3 Å². The molecule has 4 rings (SSSR count). The van der Waals surface area contributed by atoms with E-state index in [-0.39, 0.29) is 36.6 Å². The zero-order valence-electron chi connectivity index (χ0n) is 21.6. The second kappa shape index (κ2) is 10.4. The average Bonchev–Trinajstić information content (AvgIpc) is 2.86. The lowest BCUT2D eigenvalue weighted by Gasteiger charge is -2.23. The topological polar surface area (TPSA) is 101 Å². The maximum atomic E-state index is 12.7. The van der Waals surface area contributed by atoms with E-state index >= 15 is 0 Å². The lowest BCUT2D eigenvalue weighted by molar-refractivity contribution is -0.139. The Morgan fingerprint density at radius 2 is 1.76 bits per heavy atom. The molecule has 2 aromatic heterocycles. The number of ether oxygens (including phenoxy) is 1. The molecule has 4 aromatic rings. The van der Waals surface area contributed by atoms with Gasteiger partial charge in [-0.2, -0.15) is 0 Å². The summed E-state index contributed by atoms with van der Waals surface area (Å²) in [7, 11) is 0. The minimum Gasteiger partial charge on any atom is -0.507 e. The van der Waals surface area contributed by atoms with Crippen LogP contribution in [0.2, 0.25) is 0 Å². The van der Waals surface area contributed by atoms with E-state index in [2.05, 4.69) is 16.9 Å². The van der Waals surface area contributed by atoms with Crippen LogP contribution in [0.15, 0.2) is 66.9 Å². The molecule has 0 aliphatic carbocycles. The van der Waals surface area contributed by atoms with E-state index in [1.807, 2.05) is 63.2 Å². The number of phenols is 1. The third-order valence-corrected chi connectivity index (χ3v) is 6.06. The van der Waals surface area contributed by atoms with Crippen molar-refractivity contribution in [2.75, 3.05) is 13.2 Å². The highest BCUT2D eigenvalue weighted by Crippen LogP contribution is 2.40. The molecule has 0 saturated heterocycles. The zero-order chi connectivity index (χ0) is 26.7. The second-order valence-electron chi connectivity index (χ2n) is 10.1. The first-order valence-corrected chi connectivity index (χ1v) is 12.1. The van der Waals surface area contributed by atoms with Crippen LogP contribution >= 0.6 is 0 Å². The van der Waals surface area contributed by atoms with Gasteiger partial charge < -0.3 is 15.2 Å². The molecule has 0 spiro atoms. The summed E-state index contributed by atoms with van der Waals surface area (Å²) < 4.78 is 5.03. The van der Waals surface area contributed by atoms with Crippen molar-refractivity contribution in [1.29, 1.82) is 0 Å². The molecule has 7 nitrogen and oxygen atoms in total. The van der Waals surface area contributed by atoms with Crippen molar-refractivity contribution in [3.63, 3.8) is 0 Å². The van der Waals surface area contributed by atoms with Gasteiger partial charge in [-0.25, -0.2) is 9.78 Å². The highest BCUT2D eigenvalue weighted by molar-refractivity contribution is 6.03. The Hall–Kier alpha value is -4.26. The maximum absolute atomic E-state index is 12.7. The number of nitrogens with one attached hydrogen (secondary N) is 1. The van der Waals surface area contributed by atoms with Crippen LogP contribution in [0.4, 0.5) is 0 Å². The molecule has 1 amide bonds. The number of benzene rings is 2. The molecule has 2 aromatic carbocycles. The van der Waals surface area contributed by atoms with Crippen molar-refractivity contribution in [3.05, 3.63) is 78.0 Å². The highest BCUT2D eigenvalue weighted by Gasteiger charge is 2.23. The molecule has 190 valence electrons. The minimum absolute atomic E-state index is 0.0640.